The SMILES string of the molecule is O=C(Cc1cccc(Cl)c1)N1CCOC1. The summed E-state index contributed by atoms with van der Waals surface area (Å²) in [4.78, 5) is 13.4. The first-order chi connectivity index (χ1) is 7.25. The highest BCUT2D eigenvalue weighted by atomic mass is 35.5. The zero-order valence-electron chi connectivity index (χ0n) is 8.28. The van der Waals surface area contributed by atoms with E-state index in [1.807, 2.05) is 18.2 Å². The van der Waals surface area contributed by atoms with E-state index < -0.39 is 0 Å². The van der Waals surface area contributed by atoms with Crippen LogP contribution < -0.4 is 0 Å². The molecule has 0 spiro atoms. The molecule has 1 heterocycles. The summed E-state index contributed by atoms with van der Waals surface area (Å²) in [6.45, 7) is 1.75. The topological polar surface area (TPSA) is 29.5 Å². The van der Waals surface area contributed by atoms with Crippen molar-refractivity contribution in [3.63, 3.8) is 0 Å². The summed E-state index contributed by atoms with van der Waals surface area (Å²) in [5.41, 5.74) is 0.944. The summed E-state index contributed by atoms with van der Waals surface area (Å²) in [7, 11) is 0. The molecule has 15 heavy (non-hydrogen) atoms. The maximum absolute atomic E-state index is 11.7. The third kappa shape index (κ3) is 2.70. The lowest BCUT2D eigenvalue weighted by Crippen LogP contribution is -2.29. The minimum Gasteiger partial charge on any atom is -0.359 e. The second kappa shape index (κ2) is 4.64. The molecule has 0 radical (unpaired) electrons. The van der Waals surface area contributed by atoms with Gasteiger partial charge in [0.2, 0.25) is 5.91 Å². The van der Waals surface area contributed by atoms with Crippen LogP contribution in [0.2, 0.25) is 5.02 Å². The van der Waals surface area contributed by atoms with Gasteiger partial charge in [-0.25, -0.2) is 0 Å². The first-order valence-corrected chi connectivity index (χ1v) is 5.23. The predicted octanol–water partition coefficient (Wildman–Crippen LogP) is 1.70. The van der Waals surface area contributed by atoms with Crippen molar-refractivity contribution < 1.29 is 9.53 Å². The number of hydrogen-bond acceptors (Lipinski definition) is 2. The fourth-order valence-electron chi connectivity index (χ4n) is 1.54. The normalized spacial score (nSPS) is 15.7. The van der Waals surface area contributed by atoms with Crippen LogP contribution in [0.5, 0.6) is 0 Å². The van der Waals surface area contributed by atoms with Crippen molar-refractivity contribution in [2.24, 2.45) is 0 Å². The monoisotopic (exact) mass is 225 g/mol. The average Bonchev–Trinajstić information content (AvgIpc) is 2.70. The number of nitrogens with zero attached hydrogens (tertiary/aromatic N) is 1. The van der Waals surface area contributed by atoms with Gasteiger partial charge >= 0.3 is 0 Å². The summed E-state index contributed by atoms with van der Waals surface area (Å²) in [6.07, 6.45) is 0.393. The number of ether oxygens (including phenoxy) is 1. The van der Waals surface area contributed by atoms with Crippen molar-refractivity contribution in [3.05, 3.63) is 34.9 Å². The average molecular weight is 226 g/mol. The molecule has 1 amide bonds. The predicted molar refractivity (Wildman–Crippen MR) is 57.7 cm³/mol. The zero-order chi connectivity index (χ0) is 10.7. The number of benzene rings is 1. The highest BCUT2D eigenvalue weighted by Gasteiger charge is 2.18. The molecule has 0 aliphatic carbocycles. The van der Waals surface area contributed by atoms with E-state index in [1.165, 1.54) is 0 Å². The summed E-state index contributed by atoms with van der Waals surface area (Å²) >= 11 is 5.84. The second-order valence-electron chi connectivity index (χ2n) is 3.50. The van der Waals surface area contributed by atoms with Gasteiger partial charge in [0.15, 0.2) is 0 Å². The maximum Gasteiger partial charge on any atom is 0.228 e. The van der Waals surface area contributed by atoms with Gasteiger partial charge in [-0.2, -0.15) is 0 Å². The van der Waals surface area contributed by atoms with E-state index in [4.69, 9.17) is 16.3 Å². The molecule has 2 rings (SSSR count). The Morgan fingerprint density at radius 1 is 1.53 bits per heavy atom. The molecule has 4 heteroatoms. The number of hydrogen-bond donors (Lipinski definition) is 0. The van der Waals surface area contributed by atoms with Crippen LogP contribution in [0, 0.1) is 0 Å². The maximum atomic E-state index is 11.7. The van der Waals surface area contributed by atoms with Crippen molar-refractivity contribution in [2.75, 3.05) is 19.9 Å². The molecule has 1 aromatic carbocycles. The molecule has 0 aromatic heterocycles. The van der Waals surface area contributed by atoms with Crippen LogP contribution in [0.3, 0.4) is 0 Å². The number of carbonyl (C=O) groups excluding carboxylic acids is 1. The Labute approximate surface area is 93.6 Å². The van der Waals surface area contributed by atoms with E-state index in [0.29, 0.717) is 31.3 Å². The van der Waals surface area contributed by atoms with Crippen LogP contribution in [-0.4, -0.2) is 30.7 Å². The minimum atomic E-state index is 0.0924. The van der Waals surface area contributed by atoms with E-state index in [2.05, 4.69) is 0 Å². The van der Waals surface area contributed by atoms with Gasteiger partial charge in [0, 0.05) is 11.6 Å². The molecule has 0 saturated carbocycles. The lowest BCUT2D eigenvalue weighted by atomic mass is 10.1. The summed E-state index contributed by atoms with van der Waals surface area (Å²) in [6, 6.07) is 7.37. The Kier molecular flexibility index (Phi) is 3.23. The summed E-state index contributed by atoms with van der Waals surface area (Å²) < 4.78 is 5.12. The number of carbonyl (C=O) groups is 1. The van der Waals surface area contributed by atoms with Gasteiger partial charge in [0.1, 0.15) is 6.73 Å². The van der Waals surface area contributed by atoms with Gasteiger partial charge in [-0.1, -0.05) is 23.7 Å². The third-order valence-electron chi connectivity index (χ3n) is 2.35. The van der Waals surface area contributed by atoms with Crippen LogP contribution in [-0.2, 0) is 16.0 Å². The van der Waals surface area contributed by atoms with Crippen molar-refractivity contribution in [1.29, 1.82) is 0 Å². The molecule has 0 atom stereocenters. The summed E-state index contributed by atoms with van der Waals surface area (Å²) in [5.74, 6) is 0.0924. The number of halogens is 1. The molecular weight excluding hydrogens is 214 g/mol. The van der Waals surface area contributed by atoms with Crippen LogP contribution in [0.4, 0.5) is 0 Å². The molecule has 0 N–H and O–H groups in total. The lowest BCUT2D eigenvalue weighted by molar-refractivity contribution is -0.130. The van der Waals surface area contributed by atoms with Crippen molar-refractivity contribution >= 4 is 17.5 Å². The van der Waals surface area contributed by atoms with Crippen LogP contribution >= 0.6 is 11.6 Å². The van der Waals surface area contributed by atoms with Gasteiger partial charge in [0.25, 0.3) is 0 Å². The van der Waals surface area contributed by atoms with E-state index in [0.717, 1.165) is 5.56 Å². The molecule has 80 valence electrons. The van der Waals surface area contributed by atoms with Gasteiger partial charge in [-0.05, 0) is 17.7 Å². The Balaban J connectivity index is 1.99. The quantitative estimate of drug-likeness (QED) is 0.767. The number of amides is 1. The Morgan fingerprint density at radius 2 is 2.40 bits per heavy atom. The van der Waals surface area contributed by atoms with Gasteiger partial charge in [-0.15, -0.1) is 0 Å². The summed E-state index contributed by atoms with van der Waals surface area (Å²) in [5, 5.41) is 0.665. The molecule has 1 saturated heterocycles. The molecule has 1 fully saturated rings. The molecular formula is C11H12ClNO2. The van der Waals surface area contributed by atoms with Gasteiger partial charge in [-0.3, -0.25) is 4.79 Å². The molecule has 1 aromatic rings. The first kappa shape index (κ1) is 10.5. The molecule has 0 unspecified atom stereocenters. The first-order valence-electron chi connectivity index (χ1n) is 4.85. The van der Waals surface area contributed by atoms with Crippen LogP contribution in [0.15, 0.2) is 24.3 Å². The second-order valence-corrected chi connectivity index (χ2v) is 3.94. The highest BCUT2D eigenvalue weighted by Crippen LogP contribution is 2.12. The van der Waals surface area contributed by atoms with Crippen LogP contribution in [0.1, 0.15) is 5.56 Å². The largest absolute Gasteiger partial charge is 0.359 e. The fourth-order valence-corrected chi connectivity index (χ4v) is 1.76. The molecule has 1 aliphatic heterocycles. The lowest BCUT2D eigenvalue weighted by Gasteiger charge is -2.13. The van der Waals surface area contributed by atoms with E-state index in [9.17, 15) is 4.79 Å². The Bertz CT molecular complexity index is 361. The van der Waals surface area contributed by atoms with Crippen LogP contribution in [0.25, 0.3) is 0 Å². The molecule has 3 nitrogen and oxygen atoms in total. The van der Waals surface area contributed by atoms with E-state index in [-0.39, 0.29) is 5.91 Å². The molecule has 1 aliphatic rings. The highest BCUT2D eigenvalue weighted by molar-refractivity contribution is 6.30. The Morgan fingerprint density at radius 3 is 3.07 bits per heavy atom. The van der Waals surface area contributed by atoms with Gasteiger partial charge in [0.05, 0.1) is 13.0 Å². The zero-order valence-corrected chi connectivity index (χ0v) is 9.04. The van der Waals surface area contributed by atoms with E-state index >= 15 is 0 Å². The van der Waals surface area contributed by atoms with Crippen molar-refractivity contribution in [1.82, 2.24) is 4.90 Å². The fraction of sp³-hybridized carbons (Fsp3) is 0.364. The van der Waals surface area contributed by atoms with E-state index in [1.54, 1.807) is 11.0 Å². The smallest absolute Gasteiger partial charge is 0.228 e. The minimum absolute atomic E-state index is 0.0924. The van der Waals surface area contributed by atoms with Crippen molar-refractivity contribution in [2.45, 2.75) is 6.42 Å². The Hall–Kier alpha value is -1.06. The molecule has 0 bridgehead atoms. The standard InChI is InChI=1S/C11H12ClNO2/c12-10-3-1-2-9(6-10)7-11(14)13-4-5-15-8-13/h1-3,6H,4-5,7-8H2. The van der Waals surface area contributed by atoms with Gasteiger partial charge < -0.3 is 9.64 Å². The third-order valence-corrected chi connectivity index (χ3v) is 2.58. The number of rotatable bonds is 2. The van der Waals surface area contributed by atoms with Crippen molar-refractivity contribution in [3.8, 4) is 0 Å².